The van der Waals surface area contributed by atoms with Crippen LogP contribution >= 0.6 is 0 Å². The number of anilines is 1. The maximum absolute atomic E-state index is 12.3. The standard InChI is InChI=1S/C20H28N2O3/c1-12-4-6-14-17(10-12)22-16-7-5-13(11-15(16)20(14,2)3)19(25)21-9-8-18(23)24/h5,7,11-12,14,17,22H,4,6,8-10H2,1-3H3,(H,21,25)(H,23,24)/p-1/t12-,14-,17-/m0/s1. The third kappa shape index (κ3) is 3.51. The molecule has 136 valence electrons. The number of rotatable bonds is 4. The van der Waals surface area contributed by atoms with Crippen LogP contribution in [-0.2, 0) is 10.2 Å². The number of carboxylic acid groups (broad SMARTS) is 1. The second-order valence-electron chi connectivity index (χ2n) is 8.14. The number of hydrogen-bond donors (Lipinski definition) is 2. The van der Waals surface area contributed by atoms with E-state index in [-0.39, 0.29) is 24.3 Å². The van der Waals surface area contributed by atoms with Crippen molar-refractivity contribution in [3.8, 4) is 0 Å². The first kappa shape index (κ1) is 17.8. The lowest BCUT2D eigenvalue weighted by Gasteiger charge is -2.50. The molecule has 0 radical (unpaired) electrons. The number of fused-ring (bicyclic) bond motifs is 2. The molecule has 5 heteroatoms. The molecule has 3 atom stereocenters. The van der Waals surface area contributed by atoms with Gasteiger partial charge in [-0.05, 0) is 53.9 Å². The topological polar surface area (TPSA) is 81.3 Å². The number of hydrogen-bond acceptors (Lipinski definition) is 4. The van der Waals surface area contributed by atoms with Crippen LogP contribution in [0.15, 0.2) is 18.2 Å². The van der Waals surface area contributed by atoms with E-state index in [9.17, 15) is 14.7 Å². The molecule has 0 unspecified atom stereocenters. The van der Waals surface area contributed by atoms with Gasteiger partial charge in [-0.3, -0.25) is 4.79 Å². The molecule has 1 aliphatic heterocycles. The minimum atomic E-state index is -1.16. The number of benzene rings is 1. The van der Waals surface area contributed by atoms with E-state index < -0.39 is 5.97 Å². The van der Waals surface area contributed by atoms with E-state index >= 15 is 0 Å². The van der Waals surface area contributed by atoms with Crippen molar-refractivity contribution in [2.75, 3.05) is 11.9 Å². The average Bonchev–Trinajstić information content (AvgIpc) is 2.53. The van der Waals surface area contributed by atoms with Gasteiger partial charge in [0.2, 0.25) is 0 Å². The zero-order valence-electron chi connectivity index (χ0n) is 15.2. The van der Waals surface area contributed by atoms with Gasteiger partial charge in [-0.2, -0.15) is 0 Å². The number of amides is 1. The highest BCUT2D eigenvalue weighted by atomic mass is 16.4. The Labute approximate surface area is 149 Å². The fourth-order valence-corrected chi connectivity index (χ4v) is 4.53. The van der Waals surface area contributed by atoms with Crippen molar-refractivity contribution in [1.82, 2.24) is 5.32 Å². The van der Waals surface area contributed by atoms with Gasteiger partial charge in [0.05, 0.1) is 0 Å². The highest BCUT2D eigenvalue weighted by molar-refractivity contribution is 5.95. The fraction of sp³-hybridized carbons (Fsp3) is 0.600. The minimum absolute atomic E-state index is 0.00661. The first-order chi connectivity index (χ1) is 11.8. The zero-order chi connectivity index (χ0) is 18.2. The van der Waals surface area contributed by atoms with Crippen molar-refractivity contribution < 1.29 is 14.7 Å². The highest BCUT2D eigenvalue weighted by Crippen LogP contribution is 2.49. The molecule has 1 amide bonds. The molecule has 1 saturated carbocycles. The van der Waals surface area contributed by atoms with Gasteiger partial charge in [-0.25, -0.2) is 0 Å². The smallest absolute Gasteiger partial charge is 0.251 e. The van der Waals surface area contributed by atoms with Crippen LogP contribution in [0, 0.1) is 11.8 Å². The number of nitrogens with one attached hydrogen (secondary N) is 2. The number of carboxylic acids is 1. The first-order valence-electron chi connectivity index (χ1n) is 9.18. The fourth-order valence-electron chi connectivity index (χ4n) is 4.53. The second kappa shape index (κ2) is 6.70. The minimum Gasteiger partial charge on any atom is -0.550 e. The van der Waals surface area contributed by atoms with Gasteiger partial charge < -0.3 is 20.5 Å². The summed E-state index contributed by atoms with van der Waals surface area (Å²) in [5.74, 6) is -0.0830. The molecule has 25 heavy (non-hydrogen) atoms. The van der Waals surface area contributed by atoms with Gasteiger partial charge in [0.15, 0.2) is 0 Å². The molecule has 1 aliphatic carbocycles. The first-order valence-corrected chi connectivity index (χ1v) is 9.18. The van der Waals surface area contributed by atoms with Crippen LogP contribution in [0.1, 0.15) is 62.4 Å². The molecule has 1 aromatic rings. The van der Waals surface area contributed by atoms with E-state index in [1.54, 1.807) is 0 Å². The molecule has 5 nitrogen and oxygen atoms in total. The van der Waals surface area contributed by atoms with Crippen molar-refractivity contribution in [2.24, 2.45) is 11.8 Å². The molecule has 2 N–H and O–H groups in total. The van der Waals surface area contributed by atoms with E-state index in [4.69, 9.17) is 0 Å². The van der Waals surface area contributed by atoms with E-state index in [0.29, 0.717) is 17.5 Å². The lowest BCUT2D eigenvalue weighted by atomic mass is 9.61. The predicted molar refractivity (Wildman–Crippen MR) is 95.3 cm³/mol. The Hall–Kier alpha value is -2.04. The van der Waals surface area contributed by atoms with Crippen LogP contribution in [0.3, 0.4) is 0 Å². The van der Waals surface area contributed by atoms with Crippen LogP contribution < -0.4 is 15.7 Å². The van der Waals surface area contributed by atoms with Crippen LogP contribution in [0.25, 0.3) is 0 Å². The van der Waals surface area contributed by atoms with Crippen LogP contribution in [0.5, 0.6) is 0 Å². The van der Waals surface area contributed by atoms with Crippen molar-refractivity contribution in [2.45, 2.75) is 57.9 Å². The van der Waals surface area contributed by atoms with Gasteiger partial charge in [0.1, 0.15) is 0 Å². The predicted octanol–water partition coefficient (Wildman–Crippen LogP) is 2.06. The summed E-state index contributed by atoms with van der Waals surface area (Å²) in [6.07, 6.45) is 3.48. The molecule has 3 rings (SSSR count). The third-order valence-electron chi connectivity index (χ3n) is 5.97. The number of carbonyl (C=O) groups excluding carboxylic acids is 2. The second-order valence-corrected chi connectivity index (χ2v) is 8.14. The van der Waals surface area contributed by atoms with Crippen LogP contribution in [0.2, 0.25) is 0 Å². The summed E-state index contributed by atoms with van der Waals surface area (Å²) in [6.45, 7) is 6.96. The maximum Gasteiger partial charge on any atom is 0.251 e. The quantitative estimate of drug-likeness (QED) is 0.877. The van der Waals surface area contributed by atoms with Crippen LogP contribution in [-0.4, -0.2) is 24.5 Å². The molecule has 2 aliphatic rings. The molecule has 1 heterocycles. The van der Waals surface area contributed by atoms with E-state index in [0.717, 1.165) is 11.6 Å². The summed E-state index contributed by atoms with van der Waals surface area (Å²) in [5, 5.41) is 16.8. The van der Waals surface area contributed by atoms with Crippen molar-refractivity contribution in [3.05, 3.63) is 29.3 Å². The van der Waals surface area contributed by atoms with Crippen molar-refractivity contribution in [1.29, 1.82) is 0 Å². The number of carbonyl (C=O) groups is 2. The average molecular weight is 343 g/mol. The lowest BCUT2D eigenvalue weighted by Crippen LogP contribution is -2.49. The Bertz CT molecular complexity index is 684. The largest absolute Gasteiger partial charge is 0.550 e. The molecule has 1 fully saturated rings. The van der Waals surface area contributed by atoms with Crippen molar-refractivity contribution in [3.63, 3.8) is 0 Å². The van der Waals surface area contributed by atoms with Crippen LogP contribution in [0.4, 0.5) is 5.69 Å². The molecule has 0 bridgehead atoms. The monoisotopic (exact) mass is 343 g/mol. The molecule has 0 aromatic heterocycles. The van der Waals surface area contributed by atoms with E-state index in [1.807, 2.05) is 18.2 Å². The molecule has 0 spiro atoms. The SMILES string of the molecule is C[C@H]1CC[C@H]2[C@H](C1)Nc1ccc(C(=O)NCCC(=O)[O-])cc1C2(C)C. The summed E-state index contributed by atoms with van der Waals surface area (Å²) in [6, 6.07) is 6.25. The summed E-state index contributed by atoms with van der Waals surface area (Å²) in [7, 11) is 0. The summed E-state index contributed by atoms with van der Waals surface area (Å²) >= 11 is 0. The van der Waals surface area contributed by atoms with Gasteiger partial charge in [0.25, 0.3) is 5.91 Å². The Morgan fingerprint density at radius 1 is 1.32 bits per heavy atom. The van der Waals surface area contributed by atoms with Gasteiger partial charge in [-0.15, -0.1) is 0 Å². The Kier molecular flexibility index (Phi) is 4.76. The maximum atomic E-state index is 12.3. The van der Waals surface area contributed by atoms with Gasteiger partial charge >= 0.3 is 0 Å². The van der Waals surface area contributed by atoms with Crippen molar-refractivity contribution >= 4 is 17.6 Å². The summed E-state index contributed by atoms with van der Waals surface area (Å²) < 4.78 is 0. The van der Waals surface area contributed by atoms with Gasteiger partial charge in [0, 0.05) is 36.2 Å². The zero-order valence-corrected chi connectivity index (χ0v) is 15.2. The Balaban J connectivity index is 1.82. The molecular weight excluding hydrogens is 316 g/mol. The third-order valence-corrected chi connectivity index (χ3v) is 5.97. The highest BCUT2D eigenvalue weighted by Gasteiger charge is 2.44. The Morgan fingerprint density at radius 3 is 2.80 bits per heavy atom. The molecule has 0 saturated heterocycles. The molecular formula is C20H27N2O3-. The Morgan fingerprint density at radius 2 is 2.08 bits per heavy atom. The summed E-state index contributed by atoms with van der Waals surface area (Å²) in [4.78, 5) is 22.8. The lowest BCUT2D eigenvalue weighted by molar-refractivity contribution is -0.305. The normalized spacial score (nSPS) is 26.8. The number of aliphatic carboxylic acids is 1. The van der Waals surface area contributed by atoms with E-state index in [2.05, 4.69) is 31.4 Å². The van der Waals surface area contributed by atoms with E-state index in [1.165, 1.54) is 24.8 Å². The van der Waals surface area contributed by atoms with Gasteiger partial charge in [-0.1, -0.05) is 27.2 Å². The summed E-state index contributed by atoms with van der Waals surface area (Å²) in [5.41, 5.74) is 2.88. The molecule has 1 aromatic carbocycles.